The Kier molecular flexibility index (Phi) is 8.32. The highest BCUT2D eigenvalue weighted by molar-refractivity contribution is 5.95. The summed E-state index contributed by atoms with van der Waals surface area (Å²) < 4.78 is 40.0. The van der Waals surface area contributed by atoms with Crippen molar-refractivity contribution in [1.82, 2.24) is 10.2 Å². The fourth-order valence-electron chi connectivity index (χ4n) is 3.83. The molecule has 6 nitrogen and oxygen atoms in total. The van der Waals surface area contributed by atoms with Gasteiger partial charge in [0.2, 0.25) is 11.8 Å². The molecule has 33 heavy (non-hydrogen) atoms. The second kappa shape index (κ2) is 11.2. The number of likely N-dealkylation sites (N-methyl/N-ethyl adjacent to an activating group) is 1. The molecule has 1 atom stereocenters. The van der Waals surface area contributed by atoms with Crippen molar-refractivity contribution >= 4 is 23.2 Å². The number of amides is 2. The third-order valence-corrected chi connectivity index (χ3v) is 5.88. The molecular weight excluding hydrogens is 433 g/mol. The van der Waals surface area contributed by atoms with Crippen LogP contribution in [0.15, 0.2) is 36.4 Å². The van der Waals surface area contributed by atoms with E-state index in [-0.39, 0.29) is 5.91 Å². The fraction of sp³-hybridized carbons (Fsp3) is 0.417. The van der Waals surface area contributed by atoms with Gasteiger partial charge in [0.05, 0.1) is 18.3 Å². The summed E-state index contributed by atoms with van der Waals surface area (Å²) in [5.74, 6) is -5.64. The van der Waals surface area contributed by atoms with E-state index in [0.717, 1.165) is 24.7 Å². The first-order valence-electron chi connectivity index (χ1n) is 11.0. The lowest BCUT2D eigenvalue weighted by Gasteiger charge is -2.32. The summed E-state index contributed by atoms with van der Waals surface area (Å²) in [5, 5.41) is 4.63. The zero-order valence-corrected chi connectivity index (χ0v) is 18.8. The van der Waals surface area contributed by atoms with Crippen molar-refractivity contribution < 1.29 is 22.8 Å². The van der Waals surface area contributed by atoms with Gasteiger partial charge in [0.1, 0.15) is 0 Å². The molecule has 2 aromatic rings. The number of carbonyl (C=O) groups excluding carboxylic acids is 2. The Morgan fingerprint density at radius 1 is 1.03 bits per heavy atom. The van der Waals surface area contributed by atoms with E-state index < -0.39 is 41.6 Å². The van der Waals surface area contributed by atoms with E-state index in [1.807, 2.05) is 24.1 Å². The van der Waals surface area contributed by atoms with Gasteiger partial charge < -0.3 is 15.5 Å². The third-order valence-electron chi connectivity index (χ3n) is 5.88. The maximum absolute atomic E-state index is 13.7. The van der Waals surface area contributed by atoms with E-state index in [0.29, 0.717) is 12.6 Å². The van der Waals surface area contributed by atoms with Crippen LogP contribution >= 0.6 is 0 Å². The van der Waals surface area contributed by atoms with Gasteiger partial charge in [-0.05, 0) is 57.0 Å². The minimum absolute atomic E-state index is 0.381. The van der Waals surface area contributed by atoms with Crippen LogP contribution in [0.3, 0.4) is 0 Å². The summed E-state index contributed by atoms with van der Waals surface area (Å²) in [4.78, 5) is 28.9. The molecule has 0 bridgehead atoms. The van der Waals surface area contributed by atoms with Gasteiger partial charge >= 0.3 is 0 Å². The van der Waals surface area contributed by atoms with E-state index in [9.17, 15) is 22.8 Å². The summed E-state index contributed by atoms with van der Waals surface area (Å²) in [6.45, 7) is 3.88. The summed E-state index contributed by atoms with van der Waals surface area (Å²) in [6, 6.07) is 9.23. The van der Waals surface area contributed by atoms with Crippen molar-refractivity contribution in [3.63, 3.8) is 0 Å². The van der Waals surface area contributed by atoms with Crippen LogP contribution in [-0.4, -0.2) is 49.4 Å². The number of hydrogen-bond donors (Lipinski definition) is 2. The number of benzene rings is 2. The molecule has 0 aromatic heterocycles. The minimum atomic E-state index is -1.67. The van der Waals surface area contributed by atoms with Crippen LogP contribution in [0.5, 0.6) is 0 Å². The first kappa shape index (κ1) is 24.6. The molecule has 0 saturated carbocycles. The van der Waals surface area contributed by atoms with Gasteiger partial charge in [-0.25, -0.2) is 13.2 Å². The standard InChI is InChI=1S/C24H29F3N4O2/c1-16(24(33)28-14-21(32)29-19-11-10-18(25)22(26)23(19)27)30(2)15-17-8-4-5-9-20(17)31-12-6-3-7-13-31/h4-5,8-11,16H,3,6-7,12-15H2,1-2H3,(H,28,33)(H,29,32). The molecular formula is C24H29F3N4O2. The zero-order valence-electron chi connectivity index (χ0n) is 18.8. The Morgan fingerprint density at radius 3 is 2.45 bits per heavy atom. The number of nitrogens with one attached hydrogen (secondary N) is 2. The molecule has 178 valence electrons. The molecule has 1 aliphatic heterocycles. The maximum atomic E-state index is 13.7. The van der Waals surface area contributed by atoms with Crippen LogP contribution in [0.4, 0.5) is 24.5 Å². The number of carbonyl (C=O) groups is 2. The lowest BCUT2D eigenvalue weighted by atomic mass is 10.1. The lowest BCUT2D eigenvalue weighted by molar-refractivity contribution is -0.127. The normalized spacial score (nSPS) is 14.8. The smallest absolute Gasteiger partial charge is 0.243 e. The second-order valence-corrected chi connectivity index (χ2v) is 8.26. The Bertz CT molecular complexity index is 996. The number of nitrogens with zero attached hydrogens (tertiary/aromatic N) is 2. The van der Waals surface area contributed by atoms with Crippen molar-refractivity contribution in [1.29, 1.82) is 0 Å². The first-order valence-corrected chi connectivity index (χ1v) is 11.0. The van der Waals surface area contributed by atoms with Gasteiger partial charge in [-0.1, -0.05) is 18.2 Å². The summed E-state index contributed by atoms with van der Waals surface area (Å²) >= 11 is 0. The Morgan fingerprint density at radius 2 is 1.73 bits per heavy atom. The van der Waals surface area contributed by atoms with Crippen LogP contribution in [0.25, 0.3) is 0 Å². The van der Waals surface area contributed by atoms with E-state index >= 15 is 0 Å². The average Bonchev–Trinajstić information content (AvgIpc) is 2.83. The minimum Gasteiger partial charge on any atom is -0.371 e. The molecule has 1 unspecified atom stereocenters. The van der Waals surface area contributed by atoms with Crippen LogP contribution in [0.1, 0.15) is 31.7 Å². The van der Waals surface area contributed by atoms with Crippen molar-refractivity contribution in [3.05, 3.63) is 59.4 Å². The highest BCUT2D eigenvalue weighted by Crippen LogP contribution is 2.25. The SMILES string of the molecule is CC(C(=O)NCC(=O)Nc1ccc(F)c(F)c1F)N(C)Cc1ccccc1N1CCCCC1. The van der Waals surface area contributed by atoms with Gasteiger partial charge in [-0.15, -0.1) is 0 Å². The van der Waals surface area contributed by atoms with Crippen LogP contribution in [0, 0.1) is 17.5 Å². The number of anilines is 2. The molecule has 2 aromatic carbocycles. The van der Waals surface area contributed by atoms with Crippen LogP contribution in [0.2, 0.25) is 0 Å². The zero-order chi connectivity index (χ0) is 24.0. The van der Waals surface area contributed by atoms with Crippen molar-refractivity contribution in [3.8, 4) is 0 Å². The monoisotopic (exact) mass is 462 g/mol. The van der Waals surface area contributed by atoms with Crippen molar-refractivity contribution in [2.45, 2.75) is 38.8 Å². The van der Waals surface area contributed by atoms with Crippen molar-refractivity contribution in [2.75, 3.05) is 36.9 Å². The van der Waals surface area contributed by atoms with Crippen LogP contribution in [-0.2, 0) is 16.1 Å². The van der Waals surface area contributed by atoms with Gasteiger partial charge in [0.15, 0.2) is 17.5 Å². The quantitative estimate of drug-likeness (QED) is 0.588. The molecule has 0 radical (unpaired) electrons. The highest BCUT2D eigenvalue weighted by atomic mass is 19.2. The molecule has 0 aliphatic carbocycles. The van der Waals surface area contributed by atoms with E-state index in [4.69, 9.17) is 0 Å². The average molecular weight is 463 g/mol. The molecule has 2 N–H and O–H groups in total. The maximum Gasteiger partial charge on any atom is 0.243 e. The number of piperidine rings is 1. The topological polar surface area (TPSA) is 64.7 Å². The number of para-hydroxylation sites is 1. The lowest BCUT2D eigenvalue weighted by Crippen LogP contribution is -2.45. The van der Waals surface area contributed by atoms with Crippen molar-refractivity contribution in [2.24, 2.45) is 0 Å². The van der Waals surface area contributed by atoms with E-state index in [1.54, 1.807) is 6.92 Å². The Labute approximate surface area is 191 Å². The van der Waals surface area contributed by atoms with Gasteiger partial charge in [0.25, 0.3) is 0 Å². The molecule has 1 saturated heterocycles. The van der Waals surface area contributed by atoms with Gasteiger partial charge in [-0.2, -0.15) is 0 Å². The number of halogens is 3. The molecule has 1 heterocycles. The largest absolute Gasteiger partial charge is 0.371 e. The first-order chi connectivity index (χ1) is 15.8. The molecule has 2 amide bonds. The molecule has 1 aliphatic rings. The Balaban J connectivity index is 1.54. The number of hydrogen-bond acceptors (Lipinski definition) is 4. The molecule has 9 heteroatoms. The highest BCUT2D eigenvalue weighted by Gasteiger charge is 2.22. The second-order valence-electron chi connectivity index (χ2n) is 8.26. The third kappa shape index (κ3) is 6.25. The van der Waals surface area contributed by atoms with Gasteiger partial charge in [0, 0.05) is 25.3 Å². The summed E-state index contributed by atoms with van der Waals surface area (Å²) in [6.07, 6.45) is 3.57. The van der Waals surface area contributed by atoms with E-state index in [1.165, 1.54) is 24.9 Å². The fourth-order valence-corrected chi connectivity index (χ4v) is 3.83. The van der Waals surface area contributed by atoms with Gasteiger partial charge in [-0.3, -0.25) is 14.5 Å². The molecule has 3 rings (SSSR count). The summed E-state index contributed by atoms with van der Waals surface area (Å²) in [5.41, 5.74) is 1.80. The predicted molar refractivity (Wildman–Crippen MR) is 121 cm³/mol. The molecule has 0 spiro atoms. The predicted octanol–water partition coefficient (Wildman–Crippen LogP) is 3.67. The number of rotatable bonds is 8. The van der Waals surface area contributed by atoms with E-state index in [2.05, 4.69) is 27.7 Å². The Hall–Kier alpha value is -3.07. The molecule has 1 fully saturated rings. The van der Waals surface area contributed by atoms with Crippen LogP contribution < -0.4 is 15.5 Å². The summed E-state index contributed by atoms with van der Waals surface area (Å²) in [7, 11) is 1.83.